The Hall–Kier alpha value is -1.65. The van der Waals surface area contributed by atoms with E-state index in [0.717, 1.165) is 18.4 Å². The van der Waals surface area contributed by atoms with Gasteiger partial charge in [0.05, 0.1) is 5.60 Å². The molecule has 21 heavy (non-hydrogen) atoms. The normalized spacial score (nSPS) is 13.7. The first-order valence-electron chi connectivity index (χ1n) is 7.06. The van der Waals surface area contributed by atoms with E-state index < -0.39 is 5.60 Å². The summed E-state index contributed by atoms with van der Waals surface area (Å²) in [5, 5.41) is 13.7. The number of rotatable bonds is 6. The lowest BCUT2D eigenvalue weighted by atomic mass is 10.0. The van der Waals surface area contributed by atoms with Gasteiger partial charge in [0, 0.05) is 18.2 Å². The predicted octanol–water partition coefficient (Wildman–Crippen LogP) is 3.76. The highest BCUT2D eigenvalue weighted by atomic mass is 35.5. The van der Waals surface area contributed by atoms with Crippen molar-refractivity contribution in [1.29, 1.82) is 0 Å². The van der Waals surface area contributed by atoms with Crippen LogP contribution in [0.5, 0.6) is 0 Å². The summed E-state index contributed by atoms with van der Waals surface area (Å²) in [7, 11) is 0. The van der Waals surface area contributed by atoms with Crippen molar-refractivity contribution in [1.82, 2.24) is 9.97 Å². The van der Waals surface area contributed by atoms with Crippen LogP contribution < -0.4 is 5.32 Å². The van der Waals surface area contributed by atoms with Crippen LogP contribution in [0.25, 0.3) is 11.4 Å². The zero-order valence-electron chi connectivity index (χ0n) is 12.3. The topological polar surface area (TPSA) is 58.0 Å². The number of hydrogen-bond donors (Lipinski definition) is 2. The smallest absolute Gasteiger partial charge is 0.163 e. The molecule has 2 rings (SSSR count). The van der Waals surface area contributed by atoms with Gasteiger partial charge in [0.15, 0.2) is 5.82 Å². The molecule has 0 radical (unpaired) electrons. The molecule has 112 valence electrons. The molecule has 0 aliphatic heterocycles. The largest absolute Gasteiger partial charge is 0.388 e. The maximum atomic E-state index is 10.2. The molecule has 0 spiro atoms. The number of aromatic nitrogens is 2. The highest BCUT2D eigenvalue weighted by Gasteiger charge is 2.19. The van der Waals surface area contributed by atoms with E-state index >= 15 is 0 Å². The third-order valence-corrected chi connectivity index (χ3v) is 3.36. The molecule has 1 aromatic heterocycles. The number of nitrogens with zero attached hydrogens (tertiary/aromatic N) is 2. The molecule has 0 saturated carbocycles. The van der Waals surface area contributed by atoms with Gasteiger partial charge in [-0.3, -0.25) is 0 Å². The van der Waals surface area contributed by atoms with Crippen LogP contribution in [-0.2, 0) is 0 Å². The molecule has 1 heterocycles. The number of aliphatic hydroxyl groups is 1. The third kappa shape index (κ3) is 4.69. The van der Waals surface area contributed by atoms with Crippen molar-refractivity contribution in [3.63, 3.8) is 0 Å². The van der Waals surface area contributed by atoms with Crippen LogP contribution in [0.15, 0.2) is 36.4 Å². The molecule has 0 amide bonds. The molecular formula is C16H20ClN3O. The zero-order chi connectivity index (χ0) is 15.3. The number of benzene rings is 1. The molecule has 2 N–H and O–H groups in total. The van der Waals surface area contributed by atoms with Crippen molar-refractivity contribution < 1.29 is 5.11 Å². The van der Waals surface area contributed by atoms with Crippen LogP contribution in [0, 0.1) is 0 Å². The Bertz CT molecular complexity index is 587. The Morgan fingerprint density at radius 1 is 1.24 bits per heavy atom. The molecule has 2 aromatic rings. The Balaban J connectivity index is 2.16. The van der Waals surface area contributed by atoms with Crippen molar-refractivity contribution in [3.05, 3.63) is 41.6 Å². The molecule has 0 saturated heterocycles. The Morgan fingerprint density at radius 3 is 2.62 bits per heavy atom. The standard InChI is InChI=1S/C16H20ClN3O/c1-3-9-16(2,21)11-18-14-10-13(17)19-15(20-14)12-7-5-4-6-8-12/h4-8,10,21H,3,9,11H2,1-2H3,(H,18,19,20). The summed E-state index contributed by atoms with van der Waals surface area (Å²) in [6.07, 6.45) is 1.65. The Kier molecular flexibility index (Phi) is 5.15. The summed E-state index contributed by atoms with van der Waals surface area (Å²) in [6.45, 7) is 4.27. The summed E-state index contributed by atoms with van der Waals surface area (Å²) in [4.78, 5) is 8.69. The third-order valence-electron chi connectivity index (χ3n) is 3.17. The second kappa shape index (κ2) is 6.87. The maximum absolute atomic E-state index is 10.2. The van der Waals surface area contributed by atoms with Gasteiger partial charge in [0.1, 0.15) is 11.0 Å². The molecule has 5 heteroatoms. The summed E-state index contributed by atoms with van der Waals surface area (Å²) >= 11 is 6.06. The van der Waals surface area contributed by atoms with Crippen LogP contribution in [0.4, 0.5) is 5.82 Å². The number of nitrogens with one attached hydrogen (secondary N) is 1. The van der Waals surface area contributed by atoms with Crippen molar-refractivity contribution in [2.24, 2.45) is 0 Å². The average molecular weight is 306 g/mol. The van der Waals surface area contributed by atoms with Crippen LogP contribution in [-0.4, -0.2) is 27.2 Å². The lowest BCUT2D eigenvalue weighted by Gasteiger charge is -2.23. The first-order valence-corrected chi connectivity index (χ1v) is 7.44. The molecule has 1 atom stereocenters. The first-order chi connectivity index (χ1) is 10.00. The van der Waals surface area contributed by atoms with Gasteiger partial charge in [0.25, 0.3) is 0 Å². The van der Waals surface area contributed by atoms with E-state index in [9.17, 15) is 5.11 Å². The number of anilines is 1. The zero-order valence-corrected chi connectivity index (χ0v) is 13.1. The number of halogens is 1. The summed E-state index contributed by atoms with van der Waals surface area (Å²) in [6, 6.07) is 11.3. The fraction of sp³-hybridized carbons (Fsp3) is 0.375. The second-order valence-corrected chi connectivity index (χ2v) is 5.75. The minimum atomic E-state index is -0.765. The highest BCUT2D eigenvalue weighted by Crippen LogP contribution is 2.21. The molecule has 0 aliphatic rings. The van der Waals surface area contributed by atoms with E-state index in [1.54, 1.807) is 6.07 Å². The van der Waals surface area contributed by atoms with E-state index in [0.29, 0.717) is 23.3 Å². The quantitative estimate of drug-likeness (QED) is 0.798. The molecule has 1 aromatic carbocycles. The minimum Gasteiger partial charge on any atom is -0.388 e. The molecule has 4 nitrogen and oxygen atoms in total. The summed E-state index contributed by atoms with van der Waals surface area (Å²) in [5.74, 6) is 1.19. The summed E-state index contributed by atoms with van der Waals surface area (Å²) in [5.41, 5.74) is 0.141. The highest BCUT2D eigenvalue weighted by molar-refractivity contribution is 6.29. The van der Waals surface area contributed by atoms with Gasteiger partial charge >= 0.3 is 0 Å². The van der Waals surface area contributed by atoms with Gasteiger partial charge in [-0.15, -0.1) is 0 Å². The van der Waals surface area contributed by atoms with Crippen LogP contribution in [0.3, 0.4) is 0 Å². The van der Waals surface area contributed by atoms with E-state index in [1.807, 2.05) is 44.2 Å². The van der Waals surface area contributed by atoms with Crippen molar-refractivity contribution in [2.45, 2.75) is 32.3 Å². The van der Waals surface area contributed by atoms with Crippen LogP contribution >= 0.6 is 11.6 Å². The fourth-order valence-corrected chi connectivity index (χ4v) is 2.32. The predicted molar refractivity (Wildman–Crippen MR) is 86.5 cm³/mol. The molecule has 0 bridgehead atoms. The van der Waals surface area contributed by atoms with Crippen molar-refractivity contribution in [2.75, 3.05) is 11.9 Å². The van der Waals surface area contributed by atoms with Gasteiger partial charge < -0.3 is 10.4 Å². The van der Waals surface area contributed by atoms with E-state index in [2.05, 4.69) is 15.3 Å². The van der Waals surface area contributed by atoms with E-state index in [1.165, 1.54) is 0 Å². The molecular weight excluding hydrogens is 286 g/mol. The van der Waals surface area contributed by atoms with Crippen LogP contribution in [0.1, 0.15) is 26.7 Å². The van der Waals surface area contributed by atoms with Crippen molar-refractivity contribution >= 4 is 17.4 Å². The first kappa shape index (κ1) is 15.7. The second-order valence-electron chi connectivity index (χ2n) is 5.37. The monoisotopic (exact) mass is 305 g/mol. The maximum Gasteiger partial charge on any atom is 0.163 e. The Labute approximate surface area is 130 Å². The van der Waals surface area contributed by atoms with Crippen molar-refractivity contribution in [3.8, 4) is 11.4 Å². The van der Waals surface area contributed by atoms with Gasteiger partial charge in [0.2, 0.25) is 0 Å². The lowest BCUT2D eigenvalue weighted by Crippen LogP contribution is -2.33. The van der Waals surface area contributed by atoms with Gasteiger partial charge in [-0.2, -0.15) is 0 Å². The molecule has 0 fully saturated rings. The van der Waals surface area contributed by atoms with Gasteiger partial charge in [-0.25, -0.2) is 9.97 Å². The Morgan fingerprint density at radius 2 is 1.95 bits per heavy atom. The van der Waals surface area contributed by atoms with Gasteiger partial charge in [-0.05, 0) is 13.3 Å². The SMILES string of the molecule is CCCC(C)(O)CNc1cc(Cl)nc(-c2ccccc2)n1. The van der Waals surface area contributed by atoms with Crippen LogP contribution in [0.2, 0.25) is 5.15 Å². The average Bonchev–Trinajstić information content (AvgIpc) is 2.46. The molecule has 0 aliphatic carbocycles. The minimum absolute atomic E-state index is 0.376. The fourth-order valence-electron chi connectivity index (χ4n) is 2.13. The lowest BCUT2D eigenvalue weighted by molar-refractivity contribution is 0.0636. The molecule has 1 unspecified atom stereocenters. The van der Waals surface area contributed by atoms with E-state index in [-0.39, 0.29) is 0 Å². The van der Waals surface area contributed by atoms with Gasteiger partial charge in [-0.1, -0.05) is 55.3 Å². The summed E-state index contributed by atoms with van der Waals surface area (Å²) < 4.78 is 0. The number of hydrogen-bond acceptors (Lipinski definition) is 4. The van der Waals surface area contributed by atoms with E-state index in [4.69, 9.17) is 11.6 Å².